The third kappa shape index (κ3) is 2.22. The maximum absolute atomic E-state index is 6.06. The van der Waals surface area contributed by atoms with Gasteiger partial charge in [0.25, 0.3) is 0 Å². The van der Waals surface area contributed by atoms with E-state index in [1.165, 1.54) is 40.8 Å². The Morgan fingerprint density at radius 3 is 2.95 bits per heavy atom. The molecule has 2 aliphatic rings. The van der Waals surface area contributed by atoms with Crippen molar-refractivity contribution in [1.29, 1.82) is 0 Å². The molecule has 0 N–H and O–H groups in total. The normalized spacial score (nSPS) is 19.7. The number of hydrogen-bond acceptors (Lipinski definition) is 2. The summed E-state index contributed by atoms with van der Waals surface area (Å²) in [5.41, 5.74) is 4.46. The first-order valence-corrected chi connectivity index (χ1v) is 8.35. The van der Waals surface area contributed by atoms with Crippen molar-refractivity contribution in [2.24, 2.45) is 0 Å². The summed E-state index contributed by atoms with van der Waals surface area (Å²) in [6.45, 7) is 0.794. The summed E-state index contributed by atoms with van der Waals surface area (Å²) in [4.78, 5) is 1.43. The van der Waals surface area contributed by atoms with Crippen LogP contribution in [0.4, 0.5) is 0 Å². The molecule has 20 heavy (non-hydrogen) atoms. The molecule has 0 fully saturated rings. The van der Waals surface area contributed by atoms with E-state index in [2.05, 4.69) is 42.5 Å². The molecule has 1 atom stereocenters. The molecule has 1 heterocycles. The molecule has 2 aromatic rings. The zero-order valence-electron chi connectivity index (χ0n) is 11.5. The van der Waals surface area contributed by atoms with Crippen molar-refractivity contribution < 1.29 is 4.74 Å². The number of fused-ring (bicyclic) bond motifs is 2. The highest BCUT2D eigenvalue weighted by atomic mass is 32.2. The summed E-state index contributed by atoms with van der Waals surface area (Å²) in [6, 6.07) is 15.3. The van der Waals surface area contributed by atoms with Crippen molar-refractivity contribution in [2.45, 2.75) is 30.1 Å². The van der Waals surface area contributed by atoms with Crippen LogP contribution in [0.25, 0.3) is 0 Å². The van der Waals surface area contributed by atoms with Crippen LogP contribution >= 0.6 is 11.8 Å². The second-order valence-electron chi connectivity index (χ2n) is 5.64. The van der Waals surface area contributed by atoms with Crippen LogP contribution in [0, 0.1) is 0 Å². The molecule has 1 nitrogen and oxygen atoms in total. The standard InChI is InChI=1S/C18H18OS/c1-2-7-18-17(6-1)15(12-20-18)11-19-16-9-8-13-4-3-5-14(13)10-16/h1-2,6-10,15H,3-5,11-12H2. The van der Waals surface area contributed by atoms with Gasteiger partial charge in [-0.15, -0.1) is 11.8 Å². The second kappa shape index (κ2) is 5.17. The molecule has 2 heteroatoms. The highest BCUT2D eigenvalue weighted by Crippen LogP contribution is 2.39. The number of aryl methyl sites for hydroxylation is 2. The van der Waals surface area contributed by atoms with Gasteiger partial charge in [-0.25, -0.2) is 0 Å². The van der Waals surface area contributed by atoms with E-state index in [4.69, 9.17) is 4.74 Å². The molecular formula is C18H18OS. The Balaban J connectivity index is 1.46. The Bertz CT molecular complexity index is 635. The van der Waals surface area contributed by atoms with Crippen molar-refractivity contribution in [3.05, 3.63) is 59.2 Å². The van der Waals surface area contributed by atoms with Gasteiger partial charge in [-0.3, -0.25) is 0 Å². The lowest BCUT2D eigenvalue weighted by Gasteiger charge is -2.13. The Morgan fingerprint density at radius 2 is 1.95 bits per heavy atom. The molecular weight excluding hydrogens is 264 g/mol. The van der Waals surface area contributed by atoms with E-state index < -0.39 is 0 Å². The van der Waals surface area contributed by atoms with E-state index in [-0.39, 0.29) is 0 Å². The third-order valence-electron chi connectivity index (χ3n) is 4.32. The summed E-state index contributed by atoms with van der Waals surface area (Å²) in [7, 11) is 0. The van der Waals surface area contributed by atoms with Crippen molar-refractivity contribution in [1.82, 2.24) is 0 Å². The van der Waals surface area contributed by atoms with Crippen molar-refractivity contribution >= 4 is 11.8 Å². The van der Waals surface area contributed by atoms with E-state index in [1.54, 1.807) is 0 Å². The van der Waals surface area contributed by atoms with E-state index >= 15 is 0 Å². The molecule has 0 saturated heterocycles. The molecule has 1 aliphatic heterocycles. The fourth-order valence-corrected chi connectivity index (χ4v) is 4.43. The minimum atomic E-state index is 0.532. The van der Waals surface area contributed by atoms with Crippen LogP contribution in [0.2, 0.25) is 0 Å². The summed E-state index contributed by atoms with van der Waals surface area (Å²) in [6.07, 6.45) is 3.75. The van der Waals surface area contributed by atoms with Gasteiger partial charge in [-0.1, -0.05) is 24.3 Å². The van der Waals surface area contributed by atoms with Gasteiger partial charge in [0.05, 0.1) is 6.61 Å². The molecule has 2 aromatic carbocycles. The number of rotatable bonds is 3. The molecule has 0 aromatic heterocycles. The summed E-state index contributed by atoms with van der Waals surface area (Å²) in [5.74, 6) is 2.72. The second-order valence-corrected chi connectivity index (χ2v) is 6.70. The van der Waals surface area contributed by atoms with Gasteiger partial charge in [0.2, 0.25) is 0 Å². The first-order chi connectivity index (χ1) is 9.90. The lowest BCUT2D eigenvalue weighted by molar-refractivity contribution is 0.298. The van der Waals surface area contributed by atoms with E-state index in [9.17, 15) is 0 Å². The summed E-state index contributed by atoms with van der Waals surface area (Å²) >= 11 is 1.95. The highest BCUT2D eigenvalue weighted by molar-refractivity contribution is 7.99. The van der Waals surface area contributed by atoms with Crippen LogP contribution in [-0.2, 0) is 12.8 Å². The van der Waals surface area contributed by atoms with Crippen molar-refractivity contribution in [2.75, 3.05) is 12.4 Å². The SMILES string of the molecule is c1ccc2c(c1)SCC2COc1ccc2c(c1)CCC2. The molecule has 102 valence electrons. The van der Waals surface area contributed by atoms with Gasteiger partial charge in [0.15, 0.2) is 0 Å². The monoisotopic (exact) mass is 282 g/mol. The van der Waals surface area contributed by atoms with Gasteiger partial charge < -0.3 is 4.74 Å². The Hall–Kier alpha value is -1.41. The zero-order chi connectivity index (χ0) is 13.4. The zero-order valence-corrected chi connectivity index (χ0v) is 12.3. The minimum Gasteiger partial charge on any atom is -0.493 e. The number of benzene rings is 2. The molecule has 1 unspecified atom stereocenters. The fraction of sp³-hybridized carbons (Fsp3) is 0.333. The maximum atomic E-state index is 6.06. The van der Waals surface area contributed by atoms with Crippen LogP contribution in [0.15, 0.2) is 47.4 Å². The molecule has 1 aliphatic carbocycles. The van der Waals surface area contributed by atoms with Crippen LogP contribution in [0.5, 0.6) is 5.75 Å². The van der Waals surface area contributed by atoms with Gasteiger partial charge in [-0.05, 0) is 54.2 Å². The van der Waals surface area contributed by atoms with Gasteiger partial charge in [0, 0.05) is 16.6 Å². The molecule has 0 bridgehead atoms. The predicted octanol–water partition coefficient (Wildman–Crippen LogP) is 4.44. The van der Waals surface area contributed by atoms with E-state index in [0.29, 0.717) is 5.92 Å². The first kappa shape index (κ1) is 12.3. The van der Waals surface area contributed by atoms with Crippen molar-refractivity contribution in [3.63, 3.8) is 0 Å². The quantitative estimate of drug-likeness (QED) is 0.823. The molecule has 0 radical (unpaired) electrons. The largest absolute Gasteiger partial charge is 0.493 e. The average molecular weight is 282 g/mol. The predicted molar refractivity (Wildman–Crippen MR) is 83.9 cm³/mol. The fourth-order valence-electron chi connectivity index (χ4n) is 3.20. The minimum absolute atomic E-state index is 0.532. The van der Waals surface area contributed by atoms with Gasteiger partial charge in [0.1, 0.15) is 5.75 Å². The van der Waals surface area contributed by atoms with Gasteiger partial charge >= 0.3 is 0 Å². The number of ether oxygens (including phenoxy) is 1. The van der Waals surface area contributed by atoms with Crippen LogP contribution in [0.1, 0.15) is 29.0 Å². The number of thioether (sulfide) groups is 1. The van der Waals surface area contributed by atoms with Crippen LogP contribution in [-0.4, -0.2) is 12.4 Å². The highest BCUT2D eigenvalue weighted by Gasteiger charge is 2.23. The molecule has 4 rings (SSSR count). The molecule has 0 amide bonds. The Kier molecular flexibility index (Phi) is 3.19. The molecule has 0 spiro atoms. The average Bonchev–Trinajstić information content (AvgIpc) is 3.11. The van der Waals surface area contributed by atoms with Crippen molar-refractivity contribution in [3.8, 4) is 5.75 Å². The van der Waals surface area contributed by atoms with Crippen LogP contribution in [0.3, 0.4) is 0 Å². The first-order valence-electron chi connectivity index (χ1n) is 7.36. The van der Waals surface area contributed by atoms with E-state index in [1.807, 2.05) is 11.8 Å². The van der Waals surface area contributed by atoms with Crippen LogP contribution < -0.4 is 4.74 Å². The van der Waals surface area contributed by atoms with E-state index in [0.717, 1.165) is 18.1 Å². The topological polar surface area (TPSA) is 9.23 Å². The lowest BCUT2D eigenvalue weighted by atomic mass is 10.0. The van der Waals surface area contributed by atoms with Gasteiger partial charge in [-0.2, -0.15) is 0 Å². The third-order valence-corrected chi connectivity index (χ3v) is 5.57. The molecule has 0 saturated carbocycles. The Morgan fingerprint density at radius 1 is 1.05 bits per heavy atom. The maximum Gasteiger partial charge on any atom is 0.119 e. The lowest BCUT2D eigenvalue weighted by Crippen LogP contribution is -2.09. The number of hydrogen-bond donors (Lipinski definition) is 0. The smallest absolute Gasteiger partial charge is 0.119 e. The summed E-state index contributed by atoms with van der Waals surface area (Å²) < 4.78 is 6.06. The summed E-state index contributed by atoms with van der Waals surface area (Å²) in [5, 5.41) is 0. The Labute approximate surface area is 124 Å².